The first-order chi connectivity index (χ1) is 1.00. The van der Waals surface area contributed by atoms with E-state index in [-0.39, 0.29) is 23.2 Å². The molecule has 0 heterocycles. The molecule has 0 unspecified atom stereocenters. The Morgan fingerprint density at radius 3 is 1.25 bits per heavy atom. The first kappa shape index (κ1) is 37.2. The summed E-state index contributed by atoms with van der Waals surface area (Å²) >= 11 is 0. The molecule has 0 radical (unpaired) electrons. The molecular formula is CH4FeN2. The van der Waals surface area contributed by atoms with Crippen LogP contribution in [0.5, 0.6) is 0 Å². The Bertz CT molecular complexity index is 10.8. The molecule has 0 aromatic heterocycles. The SMILES string of the molecule is [C-]#N.[Fe].[NH4+]. The number of hydrogen-bond acceptors (Lipinski definition) is 1. The van der Waals surface area contributed by atoms with Crippen molar-refractivity contribution >= 4 is 0 Å². The second kappa shape index (κ2) is 12400. The quantitative estimate of drug-likeness (QED) is 0.349. The van der Waals surface area contributed by atoms with Crippen molar-refractivity contribution in [2.75, 3.05) is 0 Å². The van der Waals surface area contributed by atoms with E-state index in [2.05, 4.69) is 0 Å². The summed E-state index contributed by atoms with van der Waals surface area (Å²) in [7, 11) is 0. The molecule has 0 aromatic rings. The Balaban J connectivity index is -0.00000000500. The predicted molar refractivity (Wildman–Crippen MR) is 11.0 cm³/mol. The molecular weight excluding hydrogens is 95.9 g/mol. The van der Waals surface area contributed by atoms with Gasteiger partial charge >= 0.3 is 0 Å². The molecule has 0 aromatic carbocycles. The van der Waals surface area contributed by atoms with E-state index in [9.17, 15) is 0 Å². The first-order valence-corrected chi connectivity index (χ1v) is 0.224. The molecule has 0 fully saturated rings. The van der Waals surface area contributed by atoms with E-state index in [4.69, 9.17) is 11.8 Å². The summed E-state index contributed by atoms with van der Waals surface area (Å²) in [6.45, 7) is 4.75. The fraction of sp³-hybridized carbons (Fsp3) is 0. The second-order valence-electron chi connectivity index (χ2n) is 0. The van der Waals surface area contributed by atoms with Crippen molar-refractivity contribution in [3.8, 4) is 0 Å². The van der Waals surface area contributed by atoms with Crippen molar-refractivity contribution in [2.45, 2.75) is 0 Å². The van der Waals surface area contributed by atoms with Crippen LogP contribution in [0.4, 0.5) is 0 Å². The van der Waals surface area contributed by atoms with Crippen molar-refractivity contribution in [3.63, 3.8) is 0 Å². The molecule has 0 spiro atoms. The van der Waals surface area contributed by atoms with Gasteiger partial charge in [-0.25, -0.2) is 0 Å². The summed E-state index contributed by atoms with van der Waals surface area (Å²) in [5.74, 6) is 0. The molecule has 2 nitrogen and oxygen atoms in total. The predicted octanol–water partition coefficient (Wildman–Crippen LogP) is 0.470. The molecule has 4 heavy (non-hydrogen) atoms. The maximum Gasteiger partial charge on any atom is 0 e. The Hall–Kier alpha value is -0.0305. The van der Waals surface area contributed by atoms with E-state index in [1.165, 1.54) is 0 Å². The maximum absolute atomic E-state index is 6.25. The smallest absolute Gasteiger partial charge is 0 e. The Morgan fingerprint density at radius 1 is 1.25 bits per heavy atom. The summed E-state index contributed by atoms with van der Waals surface area (Å²) in [5, 5.41) is 6.25. The molecule has 26 valence electrons. The molecule has 4 N–H and O–H groups in total. The van der Waals surface area contributed by atoms with E-state index in [0.29, 0.717) is 0 Å². The van der Waals surface area contributed by atoms with E-state index in [1.54, 1.807) is 0 Å². The van der Waals surface area contributed by atoms with Crippen LogP contribution >= 0.6 is 0 Å². The van der Waals surface area contributed by atoms with Crippen molar-refractivity contribution in [1.82, 2.24) is 6.15 Å². The zero-order valence-corrected chi connectivity index (χ0v) is 3.40. The van der Waals surface area contributed by atoms with Gasteiger partial charge < -0.3 is 18.0 Å². The fourth-order valence-corrected chi connectivity index (χ4v) is 0. The maximum atomic E-state index is 6.25. The van der Waals surface area contributed by atoms with Gasteiger partial charge in [0.1, 0.15) is 0 Å². The summed E-state index contributed by atoms with van der Waals surface area (Å²) in [6, 6.07) is 0. The van der Waals surface area contributed by atoms with Crippen molar-refractivity contribution in [3.05, 3.63) is 6.57 Å². The molecule has 0 aliphatic carbocycles. The first-order valence-electron chi connectivity index (χ1n) is 0.224. The van der Waals surface area contributed by atoms with Gasteiger partial charge in [-0.15, -0.1) is 0 Å². The topological polar surface area (TPSA) is 60.3 Å². The summed E-state index contributed by atoms with van der Waals surface area (Å²) in [4.78, 5) is 0. The van der Waals surface area contributed by atoms with Crippen LogP contribution in [0.1, 0.15) is 0 Å². The van der Waals surface area contributed by atoms with Crippen LogP contribution < -0.4 is 6.15 Å². The molecule has 0 saturated heterocycles. The summed E-state index contributed by atoms with van der Waals surface area (Å²) in [6.07, 6.45) is 0. The molecule has 3 heteroatoms. The Morgan fingerprint density at radius 2 is 1.25 bits per heavy atom. The third-order valence-corrected chi connectivity index (χ3v) is 0. The zero-order valence-electron chi connectivity index (χ0n) is 2.30. The number of nitrogens with zero attached hydrogens (tertiary/aromatic N) is 1. The number of quaternary nitrogens is 1. The second-order valence-corrected chi connectivity index (χ2v) is 0. The van der Waals surface area contributed by atoms with Gasteiger partial charge in [0.05, 0.1) is 0 Å². The van der Waals surface area contributed by atoms with Crippen LogP contribution in [0.25, 0.3) is 0 Å². The molecule has 0 aliphatic rings. The van der Waals surface area contributed by atoms with E-state index in [1.807, 2.05) is 0 Å². The molecule has 0 saturated carbocycles. The average molecular weight is 99.9 g/mol. The molecule has 0 aliphatic heterocycles. The van der Waals surface area contributed by atoms with Gasteiger partial charge in [-0.3, -0.25) is 0 Å². The van der Waals surface area contributed by atoms with Crippen molar-refractivity contribution in [1.29, 1.82) is 5.26 Å². The molecule has 0 bridgehead atoms. The summed E-state index contributed by atoms with van der Waals surface area (Å²) in [5.41, 5.74) is 0. The van der Waals surface area contributed by atoms with Gasteiger partial charge in [0.2, 0.25) is 0 Å². The Kier molecular flexibility index (Phi) is 115000. The van der Waals surface area contributed by atoms with Crippen molar-refractivity contribution < 1.29 is 17.1 Å². The van der Waals surface area contributed by atoms with Crippen LogP contribution in [0.15, 0.2) is 0 Å². The van der Waals surface area contributed by atoms with Gasteiger partial charge in [0, 0.05) is 17.1 Å². The van der Waals surface area contributed by atoms with Crippen molar-refractivity contribution in [2.24, 2.45) is 0 Å². The minimum atomic E-state index is 0. The van der Waals surface area contributed by atoms with Crippen LogP contribution in [0, 0.1) is 11.8 Å². The van der Waals surface area contributed by atoms with Gasteiger partial charge in [0.15, 0.2) is 0 Å². The third-order valence-electron chi connectivity index (χ3n) is 0. The van der Waals surface area contributed by atoms with E-state index < -0.39 is 0 Å². The Labute approximate surface area is 35.9 Å². The van der Waals surface area contributed by atoms with Crippen LogP contribution in [-0.2, 0) is 17.1 Å². The average Bonchev–Trinajstić information content (AvgIpc) is 1.00. The van der Waals surface area contributed by atoms with Crippen LogP contribution in [0.3, 0.4) is 0 Å². The molecule has 0 atom stereocenters. The molecule has 0 amide bonds. The fourth-order valence-electron chi connectivity index (χ4n) is 0. The third kappa shape index (κ3) is 1990. The largest absolute Gasteiger partial charge is 0.512 e. The number of hydrogen-bond donors (Lipinski definition) is 1. The zero-order chi connectivity index (χ0) is 2.00. The minimum absolute atomic E-state index is 0. The van der Waals surface area contributed by atoms with Gasteiger partial charge in [-0.05, 0) is 0 Å². The van der Waals surface area contributed by atoms with E-state index in [0.717, 1.165) is 0 Å². The van der Waals surface area contributed by atoms with Crippen LogP contribution in [0.2, 0.25) is 0 Å². The minimum Gasteiger partial charge on any atom is -0.512 e. The normalized spacial score (nSPS) is 0.500. The summed E-state index contributed by atoms with van der Waals surface area (Å²) < 4.78 is 0. The van der Waals surface area contributed by atoms with Gasteiger partial charge in [0.25, 0.3) is 0 Å². The molecule has 0 rings (SSSR count). The van der Waals surface area contributed by atoms with Crippen LogP contribution in [-0.4, -0.2) is 0 Å². The standard InChI is InChI=1S/CN.Fe.H3N/c1-2;;/h;;1H3/q-1;;/p+1. The van der Waals surface area contributed by atoms with Gasteiger partial charge in [-0.1, -0.05) is 0 Å². The van der Waals surface area contributed by atoms with Gasteiger partial charge in [-0.2, -0.15) is 0 Å². The van der Waals surface area contributed by atoms with E-state index >= 15 is 0 Å². The number of rotatable bonds is 0. The monoisotopic (exact) mass is 100.0 g/mol.